The number of Topliss-reactive ketones (excluding diaryl/α,β-unsaturated/α-hetero) is 1. The standard InChI is InChI=1S/C21H26ClN3O3/c1-21(2,3)28-20(27)25-9-6-13(7-10-25)11-17(26)15-12-16(22)18(23)14-5-4-8-24-19(14)15/h4-5,8,12-13H,6-7,9-11,23H2,1-3H3. The zero-order valence-corrected chi connectivity index (χ0v) is 17.3. The molecule has 0 saturated carbocycles. The lowest BCUT2D eigenvalue weighted by Crippen LogP contribution is -2.42. The number of nitrogens with zero attached hydrogens (tertiary/aromatic N) is 2. The van der Waals surface area contributed by atoms with E-state index in [2.05, 4.69) is 4.98 Å². The smallest absolute Gasteiger partial charge is 0.410 e. The number of ether oxygens (including phenoxy) is 1. The molecule has 0 bridgehead atoms. The zero-order valence-electron chi connectivity index (χ0n) is 16.5. The fourth-order valence-corrected chi connectivity index (χ4v) is 3.68. The molecule has 7 heteroatoms. The Hall–Kier alpha value is -2.34. The molecule has 0 atom stereocenters. The summed E-state index contributed by atoms with van der Waals surface area (Å²) < 4.78 is 5.42. The van der Waals surface area contributed by atoms with Crippen LogP contribution in [-0.2, 0) is 4.74 Å². The molecular formula is C21H26ClN3O3. The molecule has 2 N–H and O–H groups in total. The summed E-state index contributed by atoms with van der Waals surface area (Å²) in [6.07, 6.45) is 3.27. The van der Waals surface area contributed by atoms with Gasteiger partial charge in [-0.3, -0.25) is 9.78 Å². The van der Waals surface area contributed by atoms with Crippen molar-refractivity contribution in [2.45, 2.75) is 45.6 Å². The molecule has 1 aromatic carbocycles. The Balaban J connectivity index is 1.67. The van der Waals surface area contributed by atoms with Crippen LogP contribution >= 0.6 is 11.6 Å². The first kappa shape index (κ1) is 20.4. The first-order valence-electron chi connectivity index (χ1n) is 9.49. The molecule has 6 nitrogen and oxygen atoms in total. The fourth-order valence-electron chi connectivity index (χ4n) is 3.47. The van der Waals surface area contributed by atoms with E-state index < -0.39 is 5.60 Å². The second-order valence-electron chi connectivity index (χ2n) is 8.26. The summed E-state index contributed by atoms with van der Waals surface area (Å²) in [6, 6.07) is 5.21. The highest BCUT2D eigenvalue weighted by Gasteiger charge is 2.28. The molecule has 1 aliphatic rings. The summed E-state index contributed by atoms with van der Waals surface area (Å²) in [6.45, 7) is 6.74. The monoisotopic (exact) mass is 403 g/mol. The van der Waals surface area contributed by atoms with Crippen molar-refractivity contribution in [2.24, 2.45) is 5.92 Å². The van der Waals surface area contributed by atoms with Crippen LogP contribution in [0.15, 0.2) is 24.4 Å². The minimum Gasteiger partial charge on any atom is -0.444 e. The van der Waals surface area contributed by atoms with Crippen LogP contribution < -0.4 is 5.73 Å². The number of anilines is 1. The third kappa shape index (κ3) is 4.55. The van der Waals surface area contributed by atoms with Crippen molar-refractivity contribution in [1.29, 1.82) is 0 Å². The van der Waals surface area contributed by atoms with Gasteiger partial charge in [-0.05, 0) is 57.7 Å². The van der Waals surface area contributed by atoms with E-state index in [0.29, 0.717) is 46.7 Å². The van der Waals surface area contributed by atoms with Crippen molar-refractivity contribution in [1.82, 2.24) is 9.88 Å². The van der Waals surface area contributed by atoms with Crippen molar-refractivity contribution < 1.29 is 14.3 Å². The lowest BCUT2D eigenvalue weighted by Gasteiger charge is -2.33. The SMILES string of the molecule is CC(C)(C)OC(=O)N1CCC(CC(=O)c2cc(Cl)c(N)c3cccnc23)CC1. The van der Waals surface area contributed by atoms with Crippen molar-refractivity contribution in [2.75, 3.05) is 18.8 Å². The van der Waals surface area contributed by atoms with Crippen LogP contribution in [0.3, 0.4) is 0 Å². The molecule has 0 radical (unpaired) electrons. The normalized spacial score (nSPS) is 15.6. The van der Waals surface area contributed by atoms with E-state index in [4.69, 9.17) is 22.1 Å². The van der Waals surface area contributed by atoms with Gasteiger partial charge in [-0.1, -0.05) is 11.6 Å². The van der Waals surface area contributed by atoms with Crippen molar-refractivity contribution in [3.8, 4) is 0 Å². The summed E-state index contributed by atoms with van der Waals surface area (Å²) >= 11 is 6.22. The Morgan fingerprint density at radius 2 is 2.00 bits per heavy atom. The Labute approximate surface area is 170 Å². The number of carbonyl (C=O) groups excluding carboxylic acids is 2. The van der Waals surface area contributed by atoms with Gasteiger partial charge in [0.25, 0.3) is 0 Å². The van der Waals surface area contributed by atoms with Gasteiger partial charge in [-0.2, -0.15) is 0 Å². The molecular weight excluding hydrogens is 378 g/mol. The minimum atomic E-state index is -0.508. The molecule has 1 amide bonds. The highest BCUT2D eigenvalue weighted by molar-refractivity contribution is 6.35. The Morgan fingerprint density at radius 1 is 1.32 bits per heavy atom. The summed E-state index contributed by atoms with van der Waals surface area (Å²) in [5.41, 5.74) is 7.04. The van der Waals surface area contributed by atoms with Crippen LogP contribution in [0.1, 0.15) is 50.4 Å². The van der Waals surface area contributed by atoms with E-state index in [1.54, 1.807) is 23.2 Å². The maximum absolute atomic E-state index is 12.9. The number of rotatable bonds is 3. The Bertz CT molecular complexity index is 900. The summed E-state index contributed by atoms with van der Waals surface area (Å²) in [5, 5.41) is 1.06. The number of nitrogen functional groups attached to an aromatic ring is 1. The first-order chi connectivity index (χ1) is 13.2. The van der Waals surface area contributed by atoms with Crippen LogP contribution in [0.4, 0.5) is 10.5 Å². The average molecular weight is 404 g/mol. The quantitative estimate of drug-likeness (QED) is 0.593. The molecule has 1 aliphatic heterocycles. The molecule has 28 heavy (non-hydrogen) atoms. The second-order valence-corrected chi connectivity index (χ2v) is 8.66. The Kier molecular flexibility index (Phi) is 5.79. The minimum absolute atomic E-state index is 0.00122. The maximum Gasteiger partial charge on any atom is 0.410 e. The molecule has 2 aromatic rings. The van der Waals surface area contributed by atoms with Crippen molar-refractivity contribution >= 4 is 40.1 Å². The lowest BCUT2D eigenvalue weighted by atomic mass is 9.89. The molecule has 0 aliphatic carbocycles. The van der Waals surface area contributed by atoms with Crippen LogP contribution in [0, 0.1) is 5.92 Å². The van der Waals surface area contributed by atoms with Crippen LogP contribution in [0.5, 0.6) is 0 Å². The summed E-state index contributed by atoms with van der Waals surface area (Å²) in [5.74, 6) is 0.211. The van der Waals surface area contributed by atoms with Gasteiger partial charge in [0.15, 0.2) is 5.78 Å². The number of halogens is 1. The molecule has 0 unspecified atom stereocenters. The van der Waals surface area contributed by atoms with Gasteiger partial charge in [0.1, 0.15) is 5.60 Å². The maximum atomic E-state index is 12.9. The molecule has 1 aromatic heterocycles. The molecule has 0 spiro atoms. The van der Waals surface area contributed by atoms with E-state index in [1.165, 1.54) is 0 Å². The van der Waals surface area contributed by atoms with Gasteiger partial charge in [-0.15, -0.1) is 0 Å². The average Bonchev–Trinajstić information content (AvgIpc) is 2.64. The number of carbonyl (C=O) groups is 2. The van der Waals surface area contributed by atoms with Crippen LogP contribution in [0.2, 0.25) is 5.02 Å². The second kappa shape index (κ2) is 7.95. The number of fused-ring (bicyclic) bond motifs is 1. The summed E-state index contributed by atoms with van der Waals surface area (Å²) in [7, 11) is 0. The number of likely N-dealkylation sites (tertiary alicyclic amines) is 1. The number of piperidine rings is 1. The van der Waals surface area contributed by atoms with E-state index in [9.17, 15) is 9.59 Å². The molecule has 150 valence electrons. The summed E-state index contributed by atoms with van der Waals surface area (Å²) in [4.78, 5) is 31.2. The molecule has 1 fully saturated rings. The van der Waals surface area contributed by atoms with E-state index in [0.717, 1.165) is 12.8 Å². The molecule has 2 heterocycles. The number of ketones is 1. The Morgan fingerprint density at radius 3 is 2.64 bits per heavy atom. The van der Waals surface area contributed by atoms with Crippen LogP contribution in [0.25, 0.3) is 10.9 Å². The molecule has 3 rings (SSSR count). The van der Waals surface area contributed by atoms with Gasteiger partial charge in [0.05, 0.1) is 16.2 Å². The van der Waals surface area contributed by atoms with Gasteiger partial charge < -0.3 is 15.4 Å². The number of nitrogens with two attached hydrogens (primary N) is 1. The number of benzene rings is 1. The number of pyridine rings is 1. The zero-order chi connectivity index (χ0) is 20.5. The van der Waals surface area contributed by atoms with Crippen LogP contribution in [-0.4, -0.2) is 40.5 Å². The number of hydrogen-bond donors (Lipinski definition) is 1. The van der Waals surface area contributed by atoms with Gasteiger partial charge in [0, 0.05) is 36.7 Å². The van der Waals surface area contributed by atoms with E-state index in [-0.39, 0.29) is 17.8 Å². The number of aromatic nitrogens is 1. The largest absolute Gasteiger partial charge is 0.444 e. The highest BCUT2D eigenvalue weighted by Crippen LogP contribution is 2.32. The number of amides is 1. The topological polar surface area (TPSA) is 85.5 Å². The third-order valence-corrected chi connectivity index (χ3v) is 5.23. The number of hydrogen-bond acceptors (Lipinski definition) is 5. The predicted molar refractivity (Wildman–Crippen MR) is 111 cm³/mol. The van der Waals surface area contributed by atoms with E-state index >= 15 is 0 Å². The lowest BCUT2D eigenvalue weighted by molar-refractivity contribution is 0.0183. The van der Waals surface area contributed by atoms with Crippen molar-refractivity contribution in [3.05, 3.63) is 35.0 Å². The van der Waals surface area contributed by atoms with Crippen molar-refractivity contribution in [3.63, 3.8) is 0 Å². The highest BCUT2D eigenvalue weighted by atomic mass is 35.5. The predicted octanol–water partition coefficient (Wildman–Crippen LogP) is 4.69. The van der Waals surface area contributed by atoms with Gasteiger partial charge >= 0.3 is 6.09 Å². The third-order valence-electron chi connectivity index (χ3n) is 4.92. The first-order valence-corrected chi connectivity index (χ1v) is 9.87. The van der Waals surface area contributed by atoms with E-state index in [1.807, 2.05) is 26.8 Å². The van der Waals surface area contributed by atoms with Gasteiger partial charge in [-0.25, -0.2) is 4.79 Å². The van der Waals surface area contributed by atoms with Gasteiger partial charge in [0.2, 0.25) is 0 Å². The fraction of sp³-hybridized carbons (Fsp3) is 0.476. The molecule has 1 saturated heterocycles.